The van der Waals surface area contributed by atoms with Crippen molar-refractivity contribution in [2.24, 2.45) is 0 Å². The van der Waals surface area contributed by atoms with Gasteiger partial charge in [-0.2, -0.15) is 0 Å². The molecule has 0 atom stereocenters. The number of anilines is 1. The number of carbonyl (C=O) groups excluding carboxylic acids is 1. The molecule has 2 amide bonds. The number of benzene rings is 1. The zero-order valence-electron chi connectivity index (χ0n) is 9.35. The third kappa shape index (κ3) is 2.75. The molecule has 0 saturated carbocycles. The highest BCUT2D eigenvalue weighted by molar-refractivity contribution is 5.93. The van der Waals surface area contributed by atoms with Crippen molar-refractivity contribution >= 4 is 17.7 Å². The quantitative estimate of drug-likeness (QED) is 0.822. The average molecular weight is 234 g/mol. The number of urea groups is 1. The molecule has 1 heterocycles. The molecule has 0 radical (unpaired) electrons. The second kappa shape index (κ2) is 4.86. The summed E-state index contributed by atoms with van der Waals surface area (Å²) in [6, 6.07) is 6.08. The first-order valence-electron chi connectivity index (χ1n) is 5.56. The van der Waals surface area contributed by atoms with Crippen molar-refractivity contribution in [2.45, 2.75) is 12.8 Å². The number of hydrogen-bond donors (Lipinski definition) is 2. The molecule has 0 spiro atoms. The van der Waals surface area contributed by atoms with Crippen LogP contribution < -0.4 is 5.32 Å². The lowest BCUT2D eigenvalue weighted by molar-refractivity contribution is 0.0697. The predicted molar refractivity (Wildman–Crippen MR) is 63.2 cm³/mol. The summed E-state index contributed by atoms with van der Waals surface area (Å²) in [5, 5.41) is 11.5. The Balaban J connectivity index is 2.05. The lowest BCUT2D eigenvalue weighted by atomic mass is 10.2. The fourth-order valence-corrected chi connectivity index (χ4v) is 1.85. The van der Waals surface area contributed by atoms with Gasteiger partial charge in [0.15, 0.2) is 0 Å². The maximum absolute atomic E-state index is 11.8. The first-order valence-corrected chi connectivity index (χ1v) is 5.56. The smallest absolute Gasteiger partial charge is 0.335 e. The van der Waals surface area contributed by atoms with Crippen LogP contribution in [0.15, 0.2) is 24.3 Å². The van der Waals surface area contributed by atoms with Gasteiger partial charge in [0, 0.05) is 18.8 Å². The first-order chi connectivity index (χ1) is 8.16. The van der Waals surface area contributed by atoms with E-state index in [0.717, 1.165) is 25.9 Å². The lowest BCUT2D eigenvalue weighted by Crippen LogP contribution is -2.32. The van der Waals surface area contributed by atoms with Gasteiger partial charge in [-0.3, -0.25) is 0 Å². The summed E-state index contributed by atoms with van der Waals surface area (Å²) in [5.41, 5.74) is 0.686. The van der Waals surface area contributed by atoms with Gasteiger partial charge in [0.2, 0.25) is 0 Å². The normalized spacial score (nSPS) is 14.7. The average Bonchev–Trinajstić information content (AvgIpc) is 2.82. The highest BCUT2D eigenvalue weighted by Crippen LogP contribution is 2.14. The lowest BCUT2D eigenvalue weighted by Gasteiger charge is -2.16. The van der Waals surface area contributed by atoms with Crippen LogP contribution >= 0.6 is 0 Å². The van der Waals surface area contributed by atoms with E-state index in [4.69, 9.17) is 5.11 Å². The highest BCUT2D eigenvalue weighted by atomic mass is 16.4. The number of nitrogens with one attached hydrogen (secondary N) is 1. The van der Waals surface area contributed by atoms with E-state index in [1.54, 1.807) is 17.0 Å². The van der Waals surface area contributed by atoms with Crippen molar-refractivity contribution in [3.05, 3.63) is 29.8 Å². The van der Waals surface area contributed by atoms with Crippen molar-refractivity contribution in [2.75, 3.05) is 18.4 Å². The molecule has 1 aromatic rings. The van der Waals surface area contributed by atoms with Crippen LogP contribution in [0.25, 0.3) is 0 Å². The minimum atomic E-state index is -0.998. The Kier molecular flexibility index (Phi) is 3.27. The molecule has 2 N–H and O–H groups in total. The molecule has 2 rings (SSSR count). The SMILES string of the molecule is O=C(O)c1cccc(NC(=O)N2CCCC2)c1. The van der Waals surface area contributed by atoms with E-state index < -0.39 is 5.97 Å². The molecule has 1 saturated heterocycles. The molecule has 0 aliphatic carbocycles. The number of amides is 2. The van der Waals surface area contributed by atoms with Crippen LogP contribution in [-0.4, -0.2) is 35.1 Å². The summed E-state index contributed by atoms with van der Waals surface area (Å²) in [7, 11) is 0. The Morgan fingerprint density at radius 3 is 2.59 bits per heavy atom. The van der Waals surface area contributed by atoms with Crippen LogP contribution in [0.3, 0.4) is 0 Å². The molecule has 1 aromatic carbocycles. The van der Waals surface area contributed by atoms with Crippen LogP contribution in [0.5, 0.6) is 0 Å². The number of carboxylic acids is 1. The Labute approximate surface area is 99.0 Å². The van der Waals surface area contributed by atoms with Gasteiger partial charge in [-0.25, -0.2) is 9.59 Å². The number of nitrogens with zero attached hydrogens (tertiary/aromatic N) is 1. The first kappa shape index (κ1) is 11.4. The fraction of sp³-hybridized carbons (Fsp3) is 0.333. The number of carboxylic acid groups (broad SMARTS) is 1. The predicted octanol–water partition coefficient (Wildman–Crippen LogP) is 2.01. The topological polar surface area (TPSA) is 69.6 Å². The molecular formula is C12H14N2O3. The summed E-state index contributed by atoms with van der Waals surface area (Å²) in [6.45, 7) is 1.54. The molecule has 1 aliphatic rings. The van der Waals surface area contributed by atoms with Gasteiger partial charge < -0.3 is 15.3 Å². The Morgan fingerprint density at radius 2 is 1.94 bits per heavy atom. The van der Waals surface area contributed by atoms with E-state index in [9.17, 15) is 9.59 Å². The molecule has 5 nitrogen and oxygen atoms in total. The number of hydrogen-bond acceptors (Lipinski definition) is 2. The number of carbonyl (C=O) groups is 2. The van der Waals surface area contributed by atoms with Crippen LogP contribution in [0.4, 0.5) is 10.5 Å². The molecule has 5 heteroatoms. The molecular weight excluding hydrogens is 220 g/mol. The van der Waals surface area contributed by atoms with Gasteiger partial charge >= 0.3 is 12.0 Å². The van der Waals surface area contributed by atoms with E-state index in [1.165, 1.54) is 12.1 Å². The van der Waals surface area contributed by atoms with Gasteiger partial charge in [0.25, 0.3) is 0 Å². The summed E-state index contributed by atoms with van der Waals surface area (Å²) in [6.07, 6.45) is 2.06. The van der Waals surface area contributed by atoms with Crippen molar-refractivity contribution in [1.29, 1.82) is 0 Å². The summed E-state index contributed by atoms with van der Waals surface area (Å²) in [5.74, 6) is -0.998. The second-order valence-corrected chi connectivity index (χ2v) is 4.01. The maximum atomic E-state index is 11.8. The summed E-state index contributed by atoms with van der Waals surface area (Å²) >= 11 is 0. The largest absolute Gasteiger partial charge is 0.478 e. The molecule has 0 bridgehead atoms. The zero-order chi connectivity index (χ0) is 12.3. The monoisotopic (exact) mass is 234 g/mol. The second-order valence-electron chi connectivity index (χ2n) is 4.01. The summed E-state index contributed by atoms with van der Waals surface area (Å²) < 4.78 is 0. The maximum Gasteiger partial charge on any atom is 0.335 e. The van der Waals surface area contributed by atoms with E-state index in [0.29, 0.717) is 5.69 Å². The van der Waals surface area contributed by atoms with Crippen molar-refractivity contribution < 1.29 is 14.7 Å². The third-order valence-corrected chi connectivity index (χ3v) is 2.75. The number of aromatic carboxylic acids is 1. The minimum Gasteiger partial charge on any atom is -0.478 e. The van der Waals surface area contributed by atoms with Crippen molar-refractivity contribution in [1.82, 2.24) is 4.90 Å². The van der Waals surface area contributed by atoms with Crippen molar-refractivity contribution in [3.8, 4) is 0 Å². The van der Waals surface area contributed by atoms with Gasteiger partial charge in [0.05, 0.1) is 5.56 Å². The molecule has 90 valence electrons. The highest BCUT2D eigenvalue weighted by Gasteiger charge is 2.17. The Hall–Kier alpha value is -2.04. The van der Waals surface area contributed by atoms with Crippen molar-refractivity contribution in [3.63, 3.8) is 0 Å². The van der Waals surface area contributed by atoms with E-state index >= 15 is 0 Å². The standard InChI is InChI=1S/C12H14N2O3/c15-11(16)9-4-3-5-10(8-9)13-12(17)14-6-1-2-7-14/h3-5,8H,1-2,6-7H2,(H,13,17)(H,15,16). The van der Waals surface area contributed by atoms with Crippen LogP contribution in [-0.2, 0) is 0 Å². The van der Waals surface area contributed by atoms with Crippen LogP contribution in [0.2, 0.25) is 0 Å². The van der Waals surface area contributed by atoms with Gasteiger partial charge in [-0.15, -0.1) is 0 Å². The van der Waals surface area contributed by atoms with E-state index in [1.807, 2.05) is 0 Å². The van der Waals surface area contributed by atoms with Gasteiger partial charge in [0.1, 0.15) is 0 Å². The van der Waals surface area contributed by atoms with E-state index in [-0.39, 0.29) is 11.6 Å². The Morgan fingerprint density at radius 1 is 1.24 bits per heavy atom. The third-order valence-electron chi connectivity index (χ3n) is 2.75. The van der Waals surface area contributed by atoms with Gasteiger partial charge in [-0.1, -0.05) is 6.07 Å². The molecule has 1 fully saturated rings. The summed E-state index contributed by atoms with van der Waals surface area (Å²) in [4.78, 5) is 24.3. The molecule has 17 heavy (non-hydrogen) atoms. The van der Waals surface area contributed by atoms with Gasteiger partial charge in [-0.05, 0) is 31.0 Å². The molecule has 1 aliphatic heterocycles. The molecule has 0 unspecified atom stereocenters. The number of rotatable bonds is 2. The fourth-order valence-electron chi connectivity index (χ4n) is 1.85. The van der Waals surface area contributed by atoms with E-state index in [2.05, 4.69) is 5.32 Å². The Bertz CT molecular complexity index is 439. The minimum absolute atomic E-state index is 0.162. The zero-order valence-corrected chi connectivity index (χ0v) is 9.35. The van der Waals surface area contributed by atoms with Crippen LogP contribution in [0.1, 0.15) is 23.2 Å². The molecule has 0 aromatic heterocycles. The number of likely N-dealkylation sites (tertiary alicyclic amines) is 1. The van der Waals surface area contributed by atoms with Crippen LogP contribution in [0, 0.1) is 0 Å².